The molecule has 3 rings (SSSR count). The van der Waals surface area contributed by atoms with Gasteiger partial charge in [-0.05, 0) is 68.1 Å². The van der Waals surface area contributed by atoms with Gasteiger partial charge < -0.3 is 15.4 Å². The number of anilines is 1. The highest BCUT2D eigenvalue weighted by atomic mass is 32.1. The lowest BCUT2D eigenvalue weighted by Gasteiger charge is -2.22. The van der Waals surface area contributed by atoms with Gasteiger partial charge in [0.25, 0.3) is 0 Å². The van der Waals surface area contributed by atoms with Crippen molar-refractivity contribution in [1.29, 1.82) is 0 Å². The third-order valence-electron chi connectivity index (χ3n) is 4.02. The number of nitrogens with one attached hydrogen (secondary N) is 2. The zero-order valence-electron chi connectivity index (χ0n) is 11.6. The maximum Gasteiger partial charge on any atom is 0.171 e. The van der Waals surface area contributed by atoms with Crippen LogP contribution in [0.25, 0.3) is 0 Å². The van der Waals surface area contributed by atoms with Crippen molar-refractivity contribution in [3.63, 3.8) is 0 Å². The largest absolute Gasteiger partial charge is 0.494 e. The molecule has 0 unspecified atom stereocenters. The van der Waals surface area contributed by atoms with Crippen LogP contribution in [0.1, 0.15) is 19.8 Å². The summed E-state index contributed by atoms with van der Waals surface area (Å²) in [6, 6.07) is 8.37. The standard InChI is InChI=1S/C16H20N2OS/c1-2-19-14-7-5-13(6-8-14)17-16(20)18-15-10-11-3-4-12(15)9-11/h3-8,11-12,15H,2,9-10H2,1H3,(H2,17,18,20)/t11-,12+,15-/m0/s1. The zero-order chi connectivity index (χ0) is 13.9. The maximum atomic E-state index is 5.42. The van der Waals surface area contributed by atoms with E-state index in [4.69, 9.17) is 17.0 Å². The van der Waals surface area contributed by atoms with Crippen molar-refractivity contribution in [1.82, 2.24) is 5.32 Å². The fourth-order valence-corrected chi connectivity index (χ4v) is 3.35. The highest BCUT2D eigenvalue weighted by Gasteiger charge is 2.35. The van der Waals surface area contributed by atoms with Crippen LogP contribution in [0.2, 0.25) is 0 Å². The molecule has 0 spiro atoms. The van der Waals surface area contributed by atoms with Crippen molar-refractivity contribution < 1.29 is 4.74 Å². The van der Waals surface area contributed by atoms with Gasteiger partial charge >= 0.3 is 0 Å². The molecule has 0 aromatic heterocycles. The summed E-state index contributed by atoms with van der Waals surface area (Å²) in [4.78, 5) is 0. The zero-order valence-corrected chi connectivity index (χ0v) is 12.5. The van der Waals surface area contributed by atoms with Crippen molar-refractivity contribution in [3.8, 4) is 5.75 Å². The van der Waals surface area contributed by atoms with E-state index in [9.17, 15) is 0 Å². The second-order valence-corrected chi connectivity index (χ2v) is 5.85. The fourth-order valence-electron chi connectivity index (χ4n) is 3.08. The number of hydrogen-bond acceptors (Lipinski definition) is 2. The molecule has 2 aliphatic carbocycles. The third-order valence-corrected chi connectivity index (χ3v) is 4.24. The molecule has 0 heterocycles. The van der Waals surface area contributed by atoms with Gasteiger partial charge in [0.05, 0.1) is 6.61 Å². The molecule has 1 aromatic rings. The van der Waals surface area contributed by atoms with Gasteiger partial charge in [0.15, 0.2) is 5.11 Å². The maximum absolute atomic E-state index is 5.42. The normalized spacial score (nSPS) is 26.6. The number of rotatable bonds is 4. The van der Waals surface area contributed by atoms with Crippen LogP contribution in [0.5, 0.6) is 5.75 Å². The van der Waals surface area contributed by atoms with Crippen molar-refractivity contribution >= 4 is 23.0 Å². The lowest BCUT2D eigenvalue weighted by Crippen LogP contribution is -2.40. The average molecular weight is 288 g/mol. The highest BCUT2D eigenvalue weighted by molar-refractivity contribution is 7.80. The molecule has 0 radical (unpaired) electrons. The van der Waals surface area contributed by atoms with E-state index in [2.05, 4.69) is 22.8 Å². The molecule has 0 amide bonds. The van der Waals surface area contributed by atoms with Crippen molar-refractivity contribution in [2.24, 2.45) is 11.8 Å². The molecule has 2 aliphatic rings. The Bertz CT molecular complexity index is 512. The topological polar surface area (TPSA) is 33.3 Å². The van der Waals surface area contributed by atoms with E-state index >= 15 is 0 Å². The van der Waals surface area contributed by atoms with Crippen molar-refractivity contribution in [3.05, 3.63) is 36.4 Å². The van der Waals surface area contributed by atoms with Crippen molar-refractivity contribution in [2.45, 2.75) is 25.8 Å². The number of benzene rings is 1. The lowest BCUT2D eigenvalue weighted by atomic mass is 10.0. The molecule has 4 heteroatoms. The third kappa shape index (κ3) is 2.96. The first-order valence-electron chi connectivity index (χ1n) is 7.23. The minimum absolute atomic E-state index is 0.493. The molecule has 3 atom stereocenters. The van der Waals surface area contributed by atoms with E-state index in [1.54, 1.807) is 0 Å². The predicted molar refractivity (Wildman–Crippen MR) is 86.1 cm³/mol. The molecule has 1 fully saturated rings. The Balaban J connectivity index is 1.52. The molecular weight excluding hydrogens is 268 g/mol. The number of thiocarbonyl (C=S) groups is 1. The Labute approximate surface area is 125 Å². The summed E-state index contributed by atoms with van der Waals surface area (Å²) in [5.41, 5.74) is 0.990. The van der Waals surface area contributed by atoms with Crippen LogP contribution in [0, 0.1) is 11.8 Å². The van der Waals surface area contributed by atoms with Crippen LogP contribution in [-0.2, 0) is 0 Å². The molecule has 106 valence electrons. The summed E-state index contributed by atoms with van der Waals surface area (Å²) < 4.78 is 5.42. The van der Waals surface area contributed by atoms with E-state index in [0.29, 0.717) is 23.7 Å². The number of ether oxygens (including phenoxy) is 1. The van der Waals surface area contributed by atoms with Crippen LogP contribution < -0.4 is 15.4 Å². The first-order chi connectivity index (χ1) is 9.74. The molecule has 1 aromatic carbocycles. The number of fused-ring (bicyclic) bond motifs is 2. The Hall–Kier alpha value is -1.55. The van der Waals surface area contributed by atoms with Crippen LogP contribution in [-0.4, -0.2) is 17.8 Å². The van der Waals surface area contributed by atoms with Gasteiger partial charge in [0.2, 0.25) is 0 Å². The quantitative estimate of drug-likeness (QED) is 0.657. The molecule has 0 saturated heterocycles. The van der Waals surface area contributed by atoms with Crippen LogP contribution in [0.4, 0.5) is 5.69 Å². The molecular formula is C16H20N2OS. The number of allylic oxidation sites excluding steroid dienone is 1. The van der Waals surface area contributed by atoms with Crippen LogP contribution in [0.3, 0.4) is 0 Å². The first kappa shape index (κ1) is 13.4. The summed E-state index contributed by atoms with van der Waals surface area (Å²) in [5.74, 6) is 2.29. The lowest BCUT2D eigenvalue weighted by molar-refractivity contribution is 0.340. The number of hydrogen-bond donors (Lipinski definition) is 2. The molecule has 20 heavy (non-hydrogen) atoms. The summed E-state index contributed by atoms with van der Waals surface area (Å²) in [7, 11) is 0. The summed E-state index contributed by atoms with van der Waals surface area (Å²) in [5, 5.41) is 7.38. The Kier molecular flexibility index (Phi) is 3.92. The summed E-state index contributed by atoms with van der Waals surface area (Å²) in [6.07, 6.45) is 7.15. The van der Waals surface area contributed by atoms with Gasteiger partial charge in [-0.25, -0.2) is 0 Å². The Morgan fingerprint density at radius 3 is 2.65 bits per heavy atom. The molecule has 2 bridgehead atoms. The first-order valence-corrected chi connectivity index (χ1v) is 7.64. The van der Waals surface area contributed by atoms with E-state index in [1.807, 2.05) is 31.2 Å². The average Bonchev–Trinajstić information content (AvgIpc) is 3.03. The summed E-state index contributed by atoms with van der Waals surface area (Å²) >= 11 is 5.39. The fraction of sp³-hybridized carbons (Fsp3) is 0.438. The molecule has 1 saturated carbocycles. The van der Waals surface area contributed by atoms with Gasteiger partial charge in [-0.2, -0.15) is 0 Å². The van der Waals surface area contributed by atoms with E-state index < -0.39 is 0 Å². The van der Waals surface area contributed by atoms with Gasteiger partial charge in [0.1, 0.15) is 5.75 Å². The van der Waals surface area contributed by atoms with Crippen LogP contribution >= 0.6 is 12.2 Å². The monoisotopic (exact) mass is 288 g/mol. The second kappa shape index (κ2) is 5.83. The minimum Gasteiger partial charge on any atom is -0.494 e. The SMILES string of the molecule is CCOc1ccc(NC(=S)N[C@H]2C[C@H]3C=C[C@@H]2C3)cc1. The van der Waals surface area contributed by atoms with Gasteiger partial charge in [-0.3, -0.25) is 0 Å². The molecule has 2 N–H and O–H groups in total. The summed E-state index contributed by atoms with van der Waals surface area (Å²) in [6.45, 7) is 2.67. The Morgan fingerprint density at radius 1 is 1.25 bits per heavy atom. The van der Waals surface area contributed by atoms with Gasteiger partial charge in [0, 0.05) is 11.7 Å². The van der Waals surface area contributed by atoms with Gasteiger partial charge in [-0.15, -0.1) is 0 Å². The van der Waals surface area contributed by atoms with Gasteiger partial charge in [-0.1, -0.05) is 12.2 Å². The van der Waals surface area contributed by atoms with E-state index in [1.165, 1.54) is 12.8 Å². The minimum atomic E-state index is 0.493. The second-order valence-electron chi connectivity index (χ2n) is 5.44. The van der Waals surface area contributed by atoms with Crippen LogP contribution in [0.15, 0.2) is 36.4 Å². The van der Waals surface area contributed by atoms with E-state index in [0.717, 1.165) is 17.4 Å². The smallest absolute Gasteiger partial charge is 0.171 e. The van der Waals surface area contributed by atoms with Crippen molar-refractivity contribution in [2.75, 3.05) is 11.9 Å². The highest BCUT2D eigenvalue weighted by Crippen LogP contribution is 2.38. The predicted octanol–water partition coefficient (Wildman–Crippen LogP) is 3.34. The molecule has 3 nitrogen and oxygen atoms in total. The Morgan fingerprint density at radius 2 is 2.05 bits per heavy atom. The molecule has 0 aliphatic heterocycles. The van der Waals surface area contributed by atoms with E-state index in [-0.39, 0.29) is 0 Å².